The van der Waals surface area contributed by atoms with Crippen LogP contribution in [0.4, 0.5) is 11.5 Å². The van der Waals surface area contributed by atoms with Crippen molar-refractivity contribution in [2.75, 3.05) is 19.5 Å². The van der Waals surface area contributed by atoms with Crippen LogP contribution in [0.3, 0.4) is 0 Å². The number of hydrogen-bond donors (Lipinski definition) is 1. The molecule has 0 bridgehead atoms. The molecule has 1 N–H and O–H groups in total. The molecule has 0 unspecified atom stereocenters. The average molecular weight is 438 g/mol. The molecule has 0 radical (unpaired) electrons. The third-order valence-corrected chi connectivity index (χ3v) is 5.40. The SMILES string of the molecule is COc1ccc(-c2nc3c(Nc4cccc(OC)c4)ncnc3n2Cc2ccccc2)cc1. The predicted octanol–water partition coefficient (Wildman–Crippen LogP) is 5.30. The summed E-state index contributed by atoms with van der Waals surface area (Å²) in [5, 5.41) is 3.37. The number of aromatic nitrogens is 4. The number of hydrogen-bond acceptors (Lipinski definition) is 6. The molecule has 0 aliphatic heterocycles. The topological polar surface area (TPSA) is 74.1 Å². The highest BCUT2D eigenvalue weighted by Crippen LogP contribution is 2.30. The highest BCUT2D eigenvalue weighted by atomic mass is 16.5. The molecule has 33 heavy (non-hydrogen) atoms. The number of methoxy groups -OCH3 is 2. The van der Waals surface area contributed by atoms with E-state index in [0.29, 0.717) is 17.9 Å². The van der Waals surface area contributed by atoms with Gasteiger partial charge in [0.1, 0.15) is 23.7 Å². The van der Waals surface area contributed by atoms with Gasteiger partial charge in [-0.1, -0.05) is 36.4 Å². The van der Waals surface area contributed by atoms with E-state index in [0.717, 1.165) is 39.8 Å². The lowest BCUT2D eigenvalue weighted by atomic mass is 10.2. The number of benzene rings is 3. The maximum atomic E-state index is 5.34. The monoisotopic (exact) mass is 437 g/mol. The fraction of sp³-hybridized carbons (Fsp3) is 0.115. The van der Waals surface area contributed by atoms with Crippen LogP contribution >= 0.6 is 0 Å². The van der Waals surface area contributed by atoms with Crippen molar-refractivity contribution in [3.05, 3.63) is 90.8 Å². The Kier molecular flexibility index (Phi) is 5.59. The molecule has 5 rings (SSSR count). The van der Waals surface area contributed by atoms with Crippen LogP contribution in [0.2, 0.25) is 0 Å². The van der Waals surface area contributed by atoms with Crippen molar-refractivity contribution >= 4 is 22.7 Å². The summed E-state index contributed by atoms with van der Waals surface area (Å²) in [6.45, 7) is 0.633. The Morgan fingerprint density at radius 1 is 0.818 bits per heavy atom. The van der Waals surface area contributed by atoms with Crippen molar-refractivity contribution in [1.29, 1.82) is 0 Å². The molecule has 5 aromatic rings. The first-order valence-electron chi connectivity index (χ1n) is 10.6. The molecule has 0 aliphatic carbocycles. The lowest BCUT2D eigenvalue weighted by Gasteiger charge is -2.10. The summed E-state index contributed by atoms with van der Waals surface area (Å²) in [5.41, 5.74) is 4.44. The Labute approximate surface area is 191 Å². The number of rotatable bonds is 7. The van der Waals surface area contributed by atoms with Gasteiger partial charge in [-0.3, -0.25) is 0 Å². The van der Waals surface area contributed by atoms with E-state index in [1.165, 1.54) is 0 Å². The summed E-state index contributed by atoms with van der Waals surface area (Å²) >= 11 is 0. The van der Waals surface area contributed by atoms with E-state index in [1.807, 2.05) is 66.7 Å². The molecule has 0 saturated carbocycles. The van der Waals surface area contributed by atoms with Crippen molar-refractivity contribution in [3.63, 3.8) is 0 Å². The van der Waals surface area contributed by atoms with Gasteiger partial charge in [0.2, 0.25) is 0 Å². The number of imidazole rings is 1. The van der Waals surface area contributed by atoms with Crippen LogP contribution < -0.4 is 14.8 Å². The Balaban J connectivity index is 1.63. The van der Waals surface area contributed by atoms with Gasteiger partial charge in [0.25, 0.3) is 0 Å². The van der Waals surface area contributed by atoms with Gasteiger partial charge in [-0.05, 0) is 42.0 Å². The predicted molar refractivity (Wildman–Crippen MR) is 129 cm³/mol. The maximum Gasteiger partial charge on any atom is 0.166 e. The molecule has 0 spiro atoms. The van der Waals surface area contributed by atoms with E-state index in [9.17, 15) is 0 Å². The van der Waals surface area contributed by atoms with Gasteiger partial charge in [0.05, 0.1) is 20.8 Å². The quantitative estimate of drug-likeness (QED) is 0.372. The normalized spacial score (nSPS) is 10.8. The number of anilines is 2. The Morgan fingerprint density at radius 2 is 1.61 bits per heavy atom. The van der Waals surface area contributed by atoms with E-state index in [2.05, 4.69) is 32.0 Å². The van der Waals surface area contributed by atoms with E-state index in [1.54, 1.807) is 20.5 Å². The van der Waals surface area contributed by atoms with Crippen LogP contribution in [-0.4, -0.2) is 33.7 Å². The average Bonchev–Trinajstić information content (AvgIpc) is 3.24. The molecular formula is C26H23N5O2. The second-order valence-corrected chi connectivity index (χ2v) is 7.49. The van der Waals surface area contributed by atoms with Crippen LogP contribution in [0.5, 0.6) is 11.5 Å². The zero-order chi connectivity index (χ0) is 22.6. The summed E-state index contributed by atoms with van der Waals surface area (Å²) < 4.78 is 12.8. The van der Waals surface area contributed by atoms with E-state index < -0.39 is 0 Å². The molecule has 0 atom stereocenters. The van der Waals surface area contributed by atoms with Gasteiger partial charge < -0.3 is 19.4 Å². The standard InChI is InChI=1S/C26H23N5O2/c1-32-21-13-11-19(12-14-21)25-30-23-24(29-20-9-6-10-22(15-20)33-2)27-17-28-26(23)31(25)16-18-7-4-3-5-8-18/h3-15,17H,16H2,1-2H3,(H,27,28,29). The summed E-state index contributed by atoms with van der Waals surface area (Å²) in [7, 11) is 3.31. The number of ether oxygens (including phenoxy) is 2. The molecule has 164 valence electrons. The second kappa shape index (κ2) is 9.00. The van der Waals surface area contributed by atoms with Gasteiger partial charge in [-0.15, -0.1) is 0 Å². The third-order valence-electron chi connectivity index (χ3n) is 5.40. The van der Waals surface area contributed by atoms with Crippen LogP contribution in [-0.2, 0) is 6.54 Å². The molecule has 0 amide bonds. The van der Waals surface area contributed by atoms with E-state index in [4.69, 9.17) is 14.5 Å². The van der Waals surface area contributed by atoms with Crippen molar-refractivity contribution in [2.45, 2.75) is 6.54 Å². The van der Waals surface area contributed by atoms with Crippen molar-refractivity contribution in [1.82, 2.24) is 19.5 Å². The summed E-state index contributed by atoms with van der Waals surface area (Å²) in [4.78, 5) is 14.1. The fourth-order valence-electron chi connectivity index (χ4n) is 3.74. The minimum atomic E-state index is 0.633. The minimum Gasteiger partial charge on any atom is -0.497 e. The fourth-order valence-corrected chi connectivity index (χ4v) is 3.74. The molecule has 2 aromatic heterocycles. The lowest BCUT2D eigenvalue weighted by Crippen LogP contribution is -2.03. The Hall–Kier alpha value is -4.39. The zero-order valence-electron chi connectivity index (χ0n) is 18.4. The van der Waals surface area contributed by atoms with Crippen LogP contribution in [0, 0.1) is 0 Å². The largest absolute Gasteiger partial charge is 0.497 e. The summed E-state index contributed by atoms with van der Waals surface area (Å²) in [6.07, 6.45) is 1.56. The number of nitrogens with one attached hydrogen (secondary N) is 1. The van der Waals surface area contributed by atoms with Crippen molar-refractivity contribution in [3.8, 4) is 22.9 Å². The molecule has 0 saturated heterocycles. The maximum absolute atomic E-state index is 5.34. The van der Waals surface area contributed by atoms with Crippen molar-refractivity contribution < 1.29 is 9.47 Å². The first-order valence-corrected chi connectivity index (χ1v) is 10.6. The molecule has 7 nitrogen and oxygen atoms in total. The molecule has 7 heteroatoms. The number of nitrogens with zero attached hydrogens (tertiary/aromatic N) is 4. The van der Waals surface area contributed by atoms with Gasteiger partial charge in [-0.25, -0.2) is 15.0 Å². The van der Waals surface area contributed by atoms with Crippen LogP contribution in [0.1, 0.15) is 5.56 Å². The van der Waals surface area contributed by atoms with Crippen molar-refractivity contribution in [2.24, 2.45) is 0 Å². The van der Waals surface area contributed by atoms with Gasteiger partial charge in [0.15, 0.2) is 17.0 Å². The first-order chi connectivity index (χ1) is 16.2. The van der Waals surface area contributed by atoms with E-state index in [-0.39, 0.29) is 0 Å². The molecular weight excluding hydrogens is 414 g/mol. The highest BCUT2D eigenvalue weighted by Gasteiger charge is 2.18. The van der Waals surface area contributed by atoms with Crippen LogP contribution in [0.25, 0.3) is 22.6 Å². The second-order valence-electron chi connectivity index (χ2n) is 7.49. The van der Waals surface area contributed by atoms with E-state index >= 15 is 0 Å². The van der Waals surface area contributed by atoms with Gasteiger partial charge >= 0.3 is 0 Å². The third kappa shape index (κ3) is 4.21. The number of fused-ring (bicyclic) bond motifs is 1. The molecule has 0 fully saturated rings. The van der Waals surface area contributed by atoms with Crippen LogP contribution in [0.15, 0.2) is 85.2 Å². The smallest absolute Gasteiger partial charge is 0.166 e. The summed E-state index contributed by atoms with van der Waals surface area (Å²) in [5.74, 6) is 3.00. The first kappa shape index (κ1) is 20.5. The summed E-state index contributed by atoms with van der Waals surface area (Å²) in [6, 6.07) is 25.9. The molecule has 2 heterocycles. The molecule has 0 aliphatic rings. The molecule has 3 aromatic carbocycles. The minimum absolute atomic E-state index is 0.633. The van der Waals surface area contributed by atoms with Gasteiger partial charge in [-0.2, -0.15) is 0 Å². The Bertz CT molecular complexity index is 1380. The Morgan fingerprint density at radius 3 is 2.36 bits per heavy atom. The highest BCUT2D eigenvalue weighted by molar-refractivity contribution is 5.88. The lowest BCUT2D eigenvalue weighted by molar-refractivity contribution is 0.415. The zero-order valence-corrected chi connectivity index (χ0v) is 18.4. The van der Waals surface area contributed by atoms with Gasteiger partial charge in [0, 0.05) is 17.3 Å².